The third-order valence-corrected chi connectivity index (χ3v) is 5.78. The van der Waals surface area contributed by atoms with Crippen molar-refractivity contribution in [1.29, 1.82) is 0 Å². The van der Waals surface area contributed by atoms with E-state index in [1.165, 1.54) is 41.8 Å². The summed E-state index contributed by atoms with van der Waals surface area (Å²) in [7, 11) is 2.03. The molecule has 0 aliphatic carbocycles. The summed E-state index contributed by atoms with van der Waals surface area (Å²) in [4.78, 5) is 22.0. The molecule has 1 aromatic carbocycles. The van der Waals surface area contributed by atoms with Crippen LogP contribution in [0.15, 0.2) is 48.1 Å². The molecule has 6 nitrogen and oxygen atoms in total. The number of alkyl halides is 3. The molecule has 0 radical (unpaired) electrons. The van der Waals surface area contributed by atoms with Gasteiger partial charge in [-0.2, -0.15) is 0 Å². The van der Waals surface area contributed by atoms with Crippen molar-refractivity contribution in [3.05, 3.63) is 53.6 Å². The van der Waals surface area contributed by atoms with E-state index in [9.17, 15) is 18.0 Å². The molecule has 1 saturated heterocycles. The fourth-order valence-electron chi connectivity index (χ4n) is 3.11. The van der Waals surface area contributed by atoms with Crippen LogP contribution in [0.1, 0.15) is 22.2 Å². The zero-order valence-corrected chi connectivity index (χ0v) is 18.0. The summed E-state index contributed by atoms with van der Waals surface area (Å²) >= 11 is 1.32. The van der Waals surface area contributed by atoms with Crippen LogP contribution in [-0.2, 0) is 0 Å². The summed E-state index contributed by atoms with van der Waals surface area (Å²) in [5.74, 6) is -0.341. The van der Waals surface area contributed by atoms with E-state index in [0.717, 1.165) is 23.7 Å². The molecular weight excluding hydrogens is 429 g/mol. The molecule has 0 spiro atoms. The maximum Gasteiger partial charge on any atom is 0.573 e. The first-order chi connectivity index (χ1) is 14.7. The molecule has 0 bridgehead atoms. The molecule has 0 saturated carbocycles. The summed E-state index contributed by atoms with van der Waals surface area (Å²) < 4.78 is 40.8. The average Bonchev–Trinajstić information content (AvgIpc) is 3.13. The Hall–Kier alpha value is -2.85. The van der Waals surface area contributed by atoms with Crippen LogP contribution in [0.3, 0.4) is 0 Å². The van der Waals surface area contributed by atoms with Crippen LogP contribution >= 0.6 is 11.3 Å². The normalized spacial score (nSPS) is 15.6. The Kier molecular flexibility index (Phi) is 7.01. The molecule has 0 atom stereocenters. The number of likely N-dealkylation sites (N-methyl/N-ethyl adjacent to an activating group) is 1. The number of thiophene rings is 1. The molecule has 1 N–H and O–H groups in total. The molecule has 2 heterocycles. The SMILES string of the molecule is C=CNc1sc(C(=O)N2CCN(C)CC2)cc1C(C)=Nc1ccc(OC(F)(F)F)cc1. The van der Waals surface area contributed by atoms with Crippen LogP contribution in [0.5, 0.6) is 5.75 Å². The number of aliphatic imine (C=N–C) groups is 1. The number of amides is 1. The average molecular weight is 453 g/mol. The van der Waals surface area contributed by atoms with Gasteiger partial charge in [-0.05, 0) is 50.5 Å². The minimum atomic E-state index is -4.74. The summed E-state index contributed by atoms with van der Waals surface area (Å²) in [6.45, 7) is 8.46. The Morgan fingerprint density at radius 3 is 2.45 bits per heavy atom. The highest BCUT2D eigenvalue weighted by atomic mass is 32.1. The highest BCUT2D eigenvalue weighted by Gasteiger charge is 2.31. The first-order valence-electron chi connectivity index (χ1n) is 9.57. The molecule has 10 heteroatoms. The van der Waals surface area contributed by atoms with Gasteiger partial charge in [0.25, 0.3) is 5.91 Å². The van der Waals surface area contributed by atoms with Crippen molar-refractivity contribution in [3.63, 3.8) is 0 Å². The highest BCUT2D eigenvalue weighted by molar-refractivity contribution is 7.18. The van der Waals surface area contributed by atoms with Crippen LogP contribution in [0, 0.1) is 0 Å². The van der Waals surface area contributed by atoms with Gasteiger partial charge in [0.1, 0.15) is 10.8 Å². The fourth-order valence-corrected chi connectivity index (χ4v) is 4.18. The van der Waals surface area contributed by atoms with Crippen LogP contribution in [0.25, 0.3) is 0 Å². The molecule has 0 unspecified atom stereocenters. The number of carbonyl (C=O) groups is 1. The smallest absolute Gasteiger partial charge is 0.406 e. The van der Waals surface area contributed by atoms with E-state index >= 15 is 0 Å². The maximum atomic E-state index is 12.9. The van der Waals surface area contributed by atoms with Crippen molar-refractivity contribution in [3.8, 4) is 5.75 Å². The van der Waals surface area contributed by atoms with Gasteiger partial charge in [0.2, 0.25) is 0 Å². The van der Waals surface area contributed by atoms with Crippen molar-refractivity contribution in [2.45, 2.75) is 13.3 Å². The fraction of sp³-hybridized carbons (Fsp3) is 0.333. The maximum absolute atomic E-state index is 12.9. The zero-order valence-electron chi connectivity index (χ0n) is 17.2. The largest absolute Gasteiger partial charge is 0.573 e. The molecule has 166 valence electrons. The molecule has 1 fully saturated rings. The minimum absolute atomic E-state index is 0.0297. The summed E-state index contributed by atoms with van der Waals surface area (Å²) in [6.07, 6.45) is -3.22. The van der Waals surface area contributed by atoms with Crippen LogP contribution in [0.4, 0.5) is 23.9 Å². The number of halogens is 3. The van der Waals surface area contributed by atoms with Crippen molar-refractivity contribution in [2.24, 2.45) is 4.99 Å². The summed E-state index contributed by atoms with van der Waals surface area (Å²) in [5.41, 5.74) is 1.82. The lowest BCUT2D eigenvalue weighted by atomic mass is 10.2. The number of rotatable bonds is 6. The second-order valence-corrected chi connectivity index (χ2v) is 8.09. The number of ether oxygens (including phenoxy) is 1. The molecule has 31 heavy (non-hydrogen) atoms. The molecule has 1 aliphatic heterocycles. The van der Waals surface area contributed by atoms with Crippen molar-refractivity contribution < 1.29 is 22.7 Å². The molecule has 1 aromatic heterocycles. The van der Waals surface area contributed by atoms with Gasteiger partial charge in [0, 0.05) is 37.5 Å². The predicted molar refractivity (Wildman–Crippen MR) is 117 cm³/mol. The number of hydrogen-bond donors (Lipinski definition) is 1. The van der Waals surface area contributed by atoms with Crippen molar-refractivity contribution in [1.82, 2.24) is 9.80 Å². The van der Waals surface area contributed by atoms with E-state index in [1.54, 1.807) is 13.0 Å². The molecular formula is C21H23F3N4O2S. The van der Waals surface area contributed by atoms with Crippen molar-refractivity contribution >= 4 is 33.6 Å². The third kappa shape index (κ3) is 6.08. The van der Waals surface area contributed by atoms with E-state index in [4.69, 9.17) is 0 Å². The number of carbonyl (C=O) groups excluding carboxylic acids is 1. The first kappa shape index (κ1) is 22.8. The summed E-state index contributed by atoms with van der Waals surface area (Å²) in [5, 5.41) is 3.77. The van der Waals surface area contributed by atoms with Crippen molar-refractivity contribution in [2.75, 3.05) is 38.5 Å². The third-order valence-electron chi connectivity index (χ3n) is 4.72. The van der Waals surface area contributed by atoms with Gasteiger partial charge in [-0.15, -0.1) is 24.5 Å². The van der Waals surface area contributed by atoms with Gasteiger partial charge >= 0.3 is 6.36 Å². The quantitative estimate of drug-likeness (QED) is 0.644. The highest BCUT2D eigenvalue weighted by Crippen LogP contribution is 2.31. The Morgan fingerprint density at radius 2 is 1.87 bits per heavy atom. The number of nitrogens with one attached hydrogen (secondary N) is 1. The monoisotopic (exact) mass is 452 g/mol. The van der Waals surface area contributed by atoms with Gasteiger partial charge < -0.3 is 19.9 Å². The van der Waals surface area contributed by atoms with Gasteiger partial charge in [0.05, 0.1) is 10.6 Å². The van der Waals surface area contributed by atoms with E-state index in [-0.39, 0.29) is 11.7 Å². The Morgan fingerprint density at radius 1 is 1.23 bits per heavy atom. The van der Waals surface area contributed by atoms with Gasteiger partial charge in [-0.3, -0.25) is 9.79 Å². The zero-order chi connectivity index (χ0) is 22.6. The minimum Gasteiger partial charge on any atom is -0.406 e. The van der Waals surface area contributed by atoms with Gasteiger partial charge in [0.15, 0.2) is 0 Å². The topological polar surface area (TPSA) is 57.2 Å². The lowest BCUT2D eigenvalue weighted by Gasteiger charge is -2.32. The Labute approximate surface area is 182 Å². The van der Waals surface area contributed by atoms with Gasteiger partial charge in [-0.25, -0.2) is 0 Å². The number of piperazine rings is 1. The second kappa shape index (κ2) is 9.52. The van der Waals surface area contributed by atoms with Gasteiger partial charge in [-0.1, -0.05) is 6.58 Å². The Bertz CT molecular complexity index is 962. The van der Waals surface area contributed by atoms with E-state index in [0.29, 0.717) is 29.4 Å². The van der Waals surface area contributed by atoms with Crippen LogP contribution < -0.4 is 10.1 Å². The lowest BCUT2D eigenvalue weighted by Crippen LogP contribution is -2.46. The molecule has 3 rings (SSSR count). The van der Waals surface area contributed by atoms with Crippen LogP contribution in [-0.4, -0.2) is 61.0 Å². The predicted octanol–water partition coefficient (Wildman–Crippen LogP) is 4.73. The number of anilines is 1. The molecule has 2 aromatic rings. The molecule has 1 amide bonds. The number of hydrogen-bond acceptors (Lipinski definition) is 6. The standard InChI is InChI=1S/C21H23F3N4O2S/c1-4-25-19-17(13-18(31-19)20(29)28-11-9-27(3)10-12-28)14(2)26-15-5-7-16(8-6-15)30-21(22,23)24/h4-8,13,25H,1,9-12H2,2-3H3. The molecule has 1 aliphatic rings. The summed E-state index contributed by atoms with van der Waals surface area (Å²) in [6, 6.07) is 7.08. The first-order valence-corrected chi connectivity index (χ1v) is 10.4. The Balaban J connectivity index is 1.81. The van der Waals surface area contributed by atoms with Crippen LogP contribution in [0.2, 0.25) is 0 Å². The lowest BCUT2D eigenvalue weighted by molar-refractivity contribution is -0.274. The van der Waals surface area contributed by atoms with E-state index in [1.807, 2.05) is 11.9 Å². The second-order valence-electron chi connectivity index (χ2n) is 7.04. The van der Waals surface area contributed by atoms with E-state index < -0.39 is 6.36 Å². The van der Waals surface area contributed by atoms with E-state index in [2.05, 4.69) is 26.5 Å². The number of nitrogens with zero attached hydrogens (tertiary/aromatic N) is 3. The number of benzene rings is 1.